The number of nitro groups is 1. The Hall–Kier alpha value is -7.64. The third-order valence-electron chi connectivity index (χ3n) is 10.5. The summed E-state index contributed by atoms with van der Waals surface area (Å²) in [5.41, 5.74) is 10.9. The smallest absolute Gasteiger partial charge is 0.277 e. The highest BCUT2D eigenvalue weighted by Crippen LogP contribution is 2.42. The number of para-hydroxylation sites is 3. The van der Waals surface area contributed by atoms with Crippen molar-refractivity contribution < 1.29 is 15.1 Å². The van der Waals surface area contributed by atoms with Crippen molar-refractivity contribution in [3.05, 3.63) is 186 Å². The van der Waals surface area contributed by atoms with Gasteiger partial charge in [0, 0.05) is 39.0 Å². The Balaban J connectivity index is 1.22. The molecule has 0 aliphatic rings. The Morgan fingerprint density at radius 3 is 1.27 bits per heavy atom. The van der Waals surface area contributed by atoms with Gasteiger partial charge in [-0.2, -0.15) is 0 Å². The van der Waals surface area contributed by atoms with Crippen LogP contribution in [0.1, 0.15) is 0 Å². The number of nitro benzene ring substituents is 1. The zero-order valence-electron chi connectivity index (χ0n) is 29.3. The molecule has 262 valence electrons. The van der Waals surface area contributed by atoms with Gasteiger partial charge in [-0.25, -0.2) is 0 Å². The first kappa shape index (κ1) is 32.0. The van der Waals surface area contributed by atoms with Crippen molar-refractivity contribution in [2.45, 2.75) is 0 Å². The molecule has 2 aromatic heterocycles. The third kappa shape index (κ3) is 5.29. The van der Waals surface area contributed by atoms with Crippen LogP contribution in [-0.4, -0.2) is 24.3 Å². The van der Waals surface area contributed by atoms with E-state index in [-0.39, 0.29) is 22.1 Å². The number of aromatic nitrogens is 2. The van der Waals surface area contributed by atoms with Gasteiger partial charge in [0.05, 0.1) is 32.6 Å². The van der Waals surface area contributed by atoms with E-state index in [4.69, 9.17) is 0 Å². The standard InChI is InChI=1S/C48H31N3O4/c52-37-17-21-46-42(28-37)40-26-30(15-19-44(40)49(46)35-9-3-1-4-10-35)32-23-33(25-34(24-32)39-13-7-8-14-48(39)51(54)55)31-16-20-45-41(27-31)43-29-38(53)18-22-47(43)50(45)36-11-5-2-6-12-36/h1-29,52-53H. The maximum atomic E-state index is 12.3. The molecule has 0 aliphatic carbocycles. The second kappa shape index (κ2) is 12.5. The Morgan fingerprint density at radius 2 is 0.800 bits per heavy atom. The van der Waals surface area contributed by atoms with E-state index in [0.717, 1.165) is 77.2 Å². The number of phenols is 2. The van der Waals surface area contributed by atoms with Crippen molar-refractivity contribution in [1.82, 2.24) is 9.13 Å². The highest BCUT2D eigenvalue weighted by atomic mass is 16.6. The average Bonchev–Trinajstić information content (AvgIpc) is 3.72. The lowest BCUT2D eigenvalue weighted by atomic mass is 9.92. The SMILES string of the molecule is O=[N+]([O-])c1ccccc1-c1cc(-c2ccc3c(c2)c2cc(O)ccc2n3-c2ccccc2)cc(-c2ccc3c(c2)c2cc(O)ccc2n3-c2ccccc2)c1. The molecule has 2 N–H and O–H groups in total. The van der Waals surface area contributed by atoms with Gasteiger partial charge in [-0.3, -0.25) is 10.1 Å². The van der Waals surface area contributed by atoms with Crippen LogP contribution in [0.3, 0.4) is 0 Å². The molecule has 0 unspecified atom stereocenters. The van der Waals surface area contributed by atoms with E-state index in [0.29, 0.717) is 11.1 Å². The van der Waals surface area contributed by atoms with Gasteiger partial charge in [0.15, 0.2) is 0 Å². The van der Waals surface area contributed by atoms with Crippen LogP contribution < -0.4 is 0 Å². The second-order valence-electron chi connectivity index (χ2n) is 13.8. The maximum Gasteiger partial charge on any atom is 0.277 e. The molecule has 0 saturated carbocycles. The minimum absolute atomic E-state index is 0.0271. The largest absolute Gasteiger partial charge is 0.508 e. The van der Waals surface area contributed by atoms with Gasteiger partial charge in [-0.05, 0) is 137 Å². The normalized spacial score (nSPS) is 11.6. The highest BCUT2D eigenvalue weighted by molar-refractivity contribution is 6.12. The summed E-state index contributed by atoms with van der Waals surface area (Å²) in [6, 6.07) is 56.8. The van der Waals surface area contributed by atoms with Gasteiger partial charge in [-0.1, -0.05) is 60.7 Å². The van der Waals surface area contributed by atoms with E-state index in [2.05, 4.69) is 75.9 Å². The molecule has 55 heavy (non-hydrogen) atoms. The molecule has 7 nitrogen and oxygen atoms in total. The summed E-state index contributed by atoms with van der Waals surface area (Å²) in [4.78, 5) is 12.0. The number of phenolic OH excluding ortho intramolecular Hbond substituents is 2. The van der Waals surface area contributed by atoms with Crippen molar-refractivity contribution in [3.63, 3.8) is 0 Å². The number of nitrogens with zero attached hydrogens (tertiary/aromatic N) is 3. The molecule has 0 radical (unpaired) electrons. The number of rotatable bonds is 6. The van der Waals surface area contributed by atoms with Crippen molar-refractivity contribution in [1.29, 1.82) is 0 Å². The quantitative estimate of drug-likeness (QED) is 0.132. The Labute approximate surface area is 315 Å². The van der Waals surface area contributed by atoms with E-state index in [1.54, 1.807) is 36.4 Å². The van der Waals surface area contributed by atoms with Gasteiger partial charge in [-0.15, -0.1) is 0 Å². The van der Waals surface area contributed by atoms with Crippen LogP contribution in [-0.2, 0) is 0 Å². The molecule has 0 aliphatic heterocycles. The fourth-order valence-electron chi connectivity index (χ4n) is 8.09. The minimum Gasteiger partial charge on any atom is -0.508 e. The molecule has 10 rings (SSSR count). The fourth-order valence-corrected chi connectivity index (χ4v) is 8.09. The lowest BCUT2D eigenvalue weighted by Crippen LogP contribution is -1.94. The number of hydrogen-bond acceptors (Lipinski definition) is 4. The van der Waals surface area contributed by atoms with Crippen molar-refractivity contribution in [3.8, 4) is 56.3 Å². The Kier molecular flexibility index (Phi) is 7.28. The minimum atomic E-state index is -0.338. The molecule has 8 aromatic carbocycles. The molecular weight excluding hydrogens is 683 g/mol. The number of hydrogen-bond donors (Lipinski definition) is 2. The van der Waals surface area contributed by atoms with E-state index >= 15 is 0 Å². The fraction of sp³-hybridized carbons (Fsp3) is 0. The molecule has 0 fully saturated rings. The van der Waals surface area contributed by atoms with E-state index in [1.165, 1.54) is 6.07 Å². The second-order valence-corrected chi connectivity index (χ2v) is 13.8. The van der Waals surface area contributed by atoms with Crippen LogP contribution in [0, 0.1) is 10.1 Å². The first-order valence-corrected chi connectivity index (χ1v) is 18.0. The van der Waals surface area contributed by atoms with Crippen LogP contribution in [0.4, 0.5) is 5.69 Å². The first-order valence-electron chi connectivity index (χ1n) is 18.0. The van der Waals surface area contributed by atoms with Crippen LogP contribution in [0.5, 0.6) is 11.5 Å². The Morgan fingerprint density at radius 1 is 0.400 bits per heavy atom. The van der Waals surface area contributed by atoms with Gasteiger partial charge >= 0.3 is 0 Å². The molecular formula is C48H31N3O4. The molecule has 7 heteroatoms. The monoisotopic (exact) mass is 713 g/mol. The van der Waals surface area contributed by atoms with Gasteiger partial charge < -0.3 is 19.3 Å². The zero-order valence-corrected chi connectivity index (χ0v) is 29.3. The summed E-state index contributed by atoms with van der Waals surface area (Å²) < 4.78 is 4.39. The molecule has 0 bridgehead atoms. The van der Waals surface area contributed by atoms with Gasteiger partial charge in [0.25, 0.3) is 5.69 Å². The molecule has 2 heterocycles. The van der Waals surface area contributed by atoms with Crippen molar-refractivity contribution >= 4 is 49.3 Å². The summed E-state index contributed by atoms with van der Waals surface area (Å²) in [5.74, 6) is 0.367. The lowest BCUT2D eigenvalue weighted by Gasteiger charge is -2.13. The molecule has 0 spiro atoms. The summed E-state index contributed by atoms with van der Waals surface area (Å²) >= 11 is 0. The molecule has 0 amide bonds. The van der Waals surface area contributed by atoms with Crippen molar-refractivity contribution in [2.24, 2.45) is 0 Å². The molecule has 0 saturated heterocycles. The lowest BCUT2D eigenvalue weighted by molar-refractivity contribution is -0.384. The number of fused-ring (bicyclic) bond motifs is 6. The predicted molar refractivity (Wildman–Crippen MR) is 221 cm³/mol. The molecule has 0 atom stereocenters. The number of benzene rings is 8. The van der Waals surface area contributed by atoms with Gasteiger partial charge in [0.2, 0.25) is 0 Å². The van der Waals surface area contributed by atoms with Crippen LogP contribution >= 0.6 is 0 Å². The maximum absolute atomic E-state index is 12.3. The van der Waals surface area contributed by atoms with Crippen LogP contribution in [0.25, 0.3) is 88.4 Å². The zero-order chi connectivity index (χ0) is 37.2. The number of aromatic hydroxyl groups is 2. The summed E-state index contributed by atoms with van der Waals surface area (Å²) in [6.45, 7) is 0. The van der Waals surface area contributed by atoms with Crippen molar-refractivity contribution in [2.75, 3.05) is 0 Å². The van der Waals surface area contributed by atoms with E-state index in [9.17, 15) is 20.3 Å². The predicted octanol–water partition coefficient (Wildman–Crippen LogP) is 12.2. The summed E-state index contributed by atoms with van der Waals surface area (Å²) in [7, 11) is 0. The van der Waals surface area contributed by atoms with Crippen LogP contribution in [0.2, 0.25) is 0 Å². The van der Waals surface area contributed by atoms with E-state index < -0.39 is 0 Å². The van der Waals surface area contributed by atoms with E-state index in [1.807, 2.05) is 66.7 Å². The third-order valence-corrected chi connectivity index (χ3v) is 10.5. The first-order chi connectivity index (χ1) is 26.9. The highest BCUT2D eigenvalue weighted by Gasteiger charge is 2.20. The summed E-state index contributed by atoms with van der Waals surface area (Å²) in [5, 5.41) is 37.3. The summed E-state index contributed by atoms with van der Waals surface area (Å²) in [6.07, 6.45) is 0. The average molecular weight is 714 g/mol. The van der Waals surface area contributed by atoms with Crippen LogP contribution in [0.15, 0.2) is 176 Å². The Bertz CT molecular complexity index is 2960. The van der Waals surface area contributed by atoms with Gasteiger partial charge in [0.1, 0.15) is 11.5 Å². The molecule has 10 aromatic rings. The topological polar surface area (TPSA) is 93.5 Å².